The zero-order valence-corrected chi connectivity index (χ0v) is 21.8. The van der Waals surface area contributed by atoms with Crippen molar-refractivity contribution in [3.8, 4) is 0 Å². The van der Waals surface area contributed by atoms with Gasteiger partial charge in [-0.3, -0.25) is 9.69 Å². The van der Waals surface area contributed by atoms with Crippen molar-refractivity contribution in [2.75, 3.05) is 0 Å². The van der Waals surface area contributed by atoms with Gasteiger partial charge in [0, 0.05) is 28.2 Å². The average molecular weight is 508 g/mol. The van der Waals surface area contributed by atoms with Crippen LogP contribution >= 0.6 is 23.2 Å². The first kappa shape index (κ1) is 24.4. The lowest BCUT2D eigenvalue weighted by Crippen LogP contribution is -2.57. The molecule has 2 bridgehead atoms. The Morgan fingerprint density at radius 3 is 1.80 bits per heavy atom. The summed E-state index contributed by atoms with van der Waals surface area (Å²) >= 11 is 13.6. The lowest BCUT2D eigenvalue weighted by Gasteiger charge is -2.49. The van der Waals surface area contributed by atoms with Crippen molar-refractivity contribution in [2.24, 2.45) is 0 Å². The van der Waals surface area contributed by atoms with E-state index in [-0.39, 0.29) is 30.1 Å². The first-order chi connectivity index (χ1) is 16.9. The molecule has 182 valence electrons. The lowest BCUT2D eigenvalue weighted by atomic mass is 9.68. The van der Waals surface area contributed by atoms with Crippen molar-refractivity contribution < 1.29 is 4.79 Å². The molecule has 2 unspecified atom stereocenters. The molecular formula is C30H32Cl2N2O. The molecular weight excluding hydrogens is 475 g/mol. The van der Waals surface area contributed by atoms with E-state index in [1.807, 2.05) is 68.4 Å². The molecule has 5 heteroatoms. The largest absolute Gasteiger partial charge is 0.353 e. The summed E-state index contributed by atoms with van der Waals surface area (Å²) in [5.41, 5.74) is 2.71. The van der Waals surface area contributed by atoms with Gasteiger partial charge in [-0.05, 0) is 68.4 Å². The Morgan fingerprint density at radius 1 is 0.829 bits per heavy atom. The highest BCUT2D eigenvalue weighted by Gasteiger charge is 2.55. The fraction of sp³-hybridized carbons (Fsp3) is 0.367. The molecule has 2 aliphatic rings. The molecule has 2 atom stereocenters. The molecule has 35 heavy (non-hydrogen) atoms. The maximum absolute atomic E-state index is 13.8. The molecule has 5 rings (SSSR count). The summed E-state index contributed by atoms with van der Waals surface area (Å²) in [4.78, 5) is 16.4. The van der Waals surface area contributed by atoms with Crippen LogP contribution < -0.4 is 5.32 Å². The van der Waals surface area contributed by atoms with Gasteiger partial charge in [-0.1, -0.05) is 89.9 Å². The van der Waals surface area contributed by atoms with Crippen molar-refractivity contribution in [3.05, 3.63) is 106 Å². The van der Waals surface area contributed by atoms with Gasteiger partial charge in [-0.15, -0.1) is 0 Å². The number of nitrogens with zero attached hydrogens (tertiary/aromatic N) is 1. The minimum atomic E-state index is -0.542. The third-order valence-electron chi connectivity index (χ3n) is 7.72. The van der Waals surface area contributed by atoms with Crippen molar-refractivity contribution in [2.45, 2.75) is 69.1 Å². The van der Waals surface area contributed by atoms with Crippen LogP contribution in [0.15, 0.2) is 78.9 Å². The van der Waals surface area contributed by atoms with Gasteiger partial charge < -0.3 is 5.32 Å². The van der Waals surface area contributed by atoms with Crippen LogP contribution in [-0.4, -0.2) is 28.9 Å². The standard InChI is InChI=1S/C30H32Cl2N2O/c1-20(2)33-29(35)30(21-10-4-3-5-11-21)18-22-16-17-23(19-30)34(22)28(24-12-6-8-14-26(24)31)25-13-7-9-15-27(25)32/h3-15,20,22-23,28H,16-19H2,1-2H3,(H,33,35). The number of fused-ring (bicyclic) bond motifs is 2. The molecule has 1 N–H and O–H groups in total. The number of halogens is 2. The van der Waals surface area contributed by atoms with Gasteiger partial charge in [0.25, 0.3) is 0 Å². The quantitative estimate of drug-likeness (QED) is 0.384. The van der Waals surface area contributed by atoms with Gasteiger partial charge in [-0.2, -0.15) is 0 Å². The van der Waals surface area contributed by atoms with Gasteiger partial charge in [0.05, 0.1) is 11.5 Å². The van der Waals surface area contributed by atoms with E-state index >= 15 is 0 Å². The van der Waals surface area contributed by atoms with Crippen molar-refractivity contribution in [1.29, 1.82) is 0 Å². The Hall–Kier alpha value is -2.33. The number of carbonyl (C=O) groups excluding carboxylic acids is 1. The highest BCUT2D eigenvalue weighted by molar-refractivity contribution is 6.32. The summed E-state index contributed by atoms with van der Waals surface area (Å²) < 4.78 is 0. The molecule has 3 aromatic carbocycles. The SMILES string of the molecule is CC(C)NC(=O)C1(c2ccccc2)CC2CCC(C1)N2C(c1ccccc1Cl)c1ccccc1Cl. The second kappa shape index (κ2) is 9.97. The number of benzene rings is 3. The first-order valence-corrected chi connectivity index (χ1v) is 13.3. The Labute approximate surface area is 218 Å². The summed E-state index contributed by atoms with van der Waals surface area (Å²) in [7, 11) is 0. The van der Waals surface area contributed by atoms with E-state index < -0.39 is 5.41 Å². The van der Waals surface area contributed by atoms with E-state index in [1.165, 1.54) is 0 Å². The molecule has 0 aromatic heterocycles. The summed E-state index contributed by atoms with van der Waals surface area (Å²) in [5, 5.41) is 4.74. The number of hydrogen-bond acceptors (Lipinski definition) is 2. The molecule has 2 saturated heterocycles. The number of amides is 1. The Balaban J connectivity index is 1.59. The monoisotopic (exact) mass is 506 g/mol. The average Bonchev–Trinajstić information content (AvgIpc) is 3.10. The molecule has 0 saturated carbocycles. The maximum atomic E-state index is 13.8. The van der Waals surface area contributed by atoms with E-state index in [4.69, 9.17) is 23.2 Å². The van der Waals surface area contributed by atoms with Crippen LogP contribution in [-0.2, 0) is 10.2 Å². The minimum absolute atomic E-state index is 0.0585. The molecule has 2 aliphatic heterocycles. The zero-order valence-electron chi connectivity index (χ0n) is 20.3. The number of rotatable bonds is 6. The van der Waals surface area contributed by atoms with Gasteiger partial charge in [0.15, 0.2) is 0 Å². The predicted molar refractivity (Wildman–Crippen MR) is 144 cm³/mol. The van der Waals surface area contributed by atoms with Gasteiger partial charge >= 0.3 is 0 Å². The van der Waals surface area contributed by atoms with Crippen LogP contribution in [0.4, 0.5) is 0 Å². The third-order valence-corrected chi connectivity index (χ3v) is 8.41. The Kier molecular flexibility index (Phi) is 6.94. The number of carbonyl (C=O) groups is 1. The maximum Gasteiger partial charge on any atom is 0.230 e. The third kappa shape index (κ3) is 4.50. The van der Waals surface area contributed by atoms with E-state index in [2.05, 4.69) is 34.5 Å². The fourth-order valence-electron chi connectivity index (χ4n) is 6.30. The van der Waals surface area contributed by atoms with Gasteiger partial charge in [0.2, 0.25) is 5.91 Å². The van der Waals surface area contributed by atoms with E-state index in [0.29, 0.717) is 0 Å². The summed E-state index contributed by atoms with van der Waals surface area (Å²) in [6.45, 7) is 4.07. The van der Waals surface area contributed by atoms with Crippen molar-refractivity contribution in [1.82, 2.24) is 10.2 Å². The second-order valence-corrected chi connectivity index (χ2v) is 11.1. The van der Waals surface area contributed by atoms with E-state index in [1.54, 1.807) is 0 Å². The fourth-order valence-corrected chi connectivity index (χ4v) is 6.78. The van der Waals surface area contributed by atoms with Crippen LogP contribution in [0, 0.1) is 0 Å². The molecule has 3 nitrogen and oxygen atoms in total. The van der Waals surface area contributed by atoms with Gasteiger partial charge in [0.1, 0.15) is 0 Å². The zero-order chi connectivity index (χ0) is 24.6. The highest BCUT2D eigenvalue weighted by atomic mass is 35.5. The number of piperidine rings is 1. The number of hydrogen-bond donors (Lipinski definition) is 1. The molecule has 2 fully saturated rings. The van der Waals surface area contributed by atoms with Crippen LogP contribution in [0.1, 0.15) is 62.3 Å². The normalized spacial score (nSPS) is 24.2. The van der Waals surface area contributed by atoms with Crippen LogP contribution in [0.25, 0.3) is 0 Å². The molecule has 0 aliphatic carbocycles. The smallest absolute Gasteiger partial charge is 0.230 e. The Morgan fingerprint density at radius 2 is 1.31 bits per heavy atom. The van der Waals surface area contributed by atoms with E-state index in [0.717, 1.165) is 52.4 Å². The lowest BCUT2D eigenvalue weighted by molar-refractivity contribution is -0.130. The molecule has 0 radical (unpaired) electrons. The highest BCUT2D eigenvalue weighted by Crippen LogP contribution is 2.52. The second-order valence-electron chi connectivity index (χ2n) is 10.3. The van der Waals surface area contributed by atoms with Crippen LogP contribution in [0.3, 0.4) is 0 Å². The van der Waals surface area contributed by atoms with Crippen LogP contribution in [0.5, 0.6) is 0 Å². The summed E-state index contributed by atoms with van der Waals surface area (Å²) in [5.74, 6) is 0.141. The molecule has 2 heterocycles. The molecule has 0 spiro atoms. The van der Waals surface area contributed by atoms with Crippen molar-refractivity contribution in [3.63, 3.8) is 0 Å². The van der Waals surface area contributed by atoms with Gasteiger partial charge in [-0.25, -0.2) is 0 Å². The van der Waals surface area contributed by atoms with E-state index in [9.17, 15) is 4.79 Å². The first-order valence-electron chi connectivity index (χ1n) is 12.5. The Bertz CT molecular complexity index is 1140. The molecule has 3 aromatic rings. The topological polar surface area (TPSA) is 32.3 Å². The molecule has 1 amide bonds. The predicted octanol–water partition coefficient (Wildman–Crippen LogP) is 7.17. The summed E-state index contributed by atoms with van der Waals surface area (Å²) in [6.07, 6.45) is 3.66. The summed E-state index contributed by atoms with van der Waals surface area (Å²) in [6, 6.07) is 27.0. The number of nitrogens with one attached hydrogen (secondary N) is 1. The van der Waals surface area contributed by atoms with Crippen LogP contribution in [0.2, 0.25) is 10.0 Å². The van der Waals surface area contributed by atoms with Crippen molar-refractivity contribution >= 4 is 29.1 Å². The minimum Gasteiger partial charge on any atom is -0.353 e.